The van der Waals surface area contributed by atoms with Crippen LogP contribution < -0.4 is 25.4 Å². The van der Waals surface area contributed by atoms with Crippen LogP contribution in [0.1, 0.15) is 41.5 Å². The predicted octanol–water partition coefficient (Wildman–Crippen LogP) is 5.78. The van der Waals surface area contributed by atoms with Gasteiger partial charge in [0.15, 0.2) is 6.61 Å². The van der Waals surface area contributed by atoms with Crippen LogP contribution >= 0.6 is 0 Å². The molecule has 0 saturated heterocycles. The van der Waals surface area contributed by atoms with E-state index in [0.29, 0.717) is 18.9 Å². The Morgan fingerprint density at radius 2 is 1.21 bits per heavy atom. The molecule has 4 aromatic rings. The van der Waals surface area contributed by atoms with Gasteiger partial charge in [0.25, 0.3) is 5.91 Å². The molecule has 0 fully saturated rings. The molecule has 2 aromatic carbocycles. The third kappa shape index (κ3) is 7.47. The Labute approximate surface area is 224 Å². The van der Waals surface area contributed by atoms with Gasteiger partial charge in [-0.3, -0.25) is 4.79 Å². The zero-order valence-electron chi connectivity index (χ0n) is 23.0. The molecule has 0 saturated carbocycles. The maximum absolute atomic E-state index is 12.4. The molecular weight excluding hydrogens is 478 g/mol. The van der Waals surface area contributed by atoms with Gasteiger partial charge >= 0.3 is 0 Å². The Morgan fingerprint density at radius 3 is 1.71 bits per heavy atom. The second-order valence-corrected chi connectivity index (χ2v) is 11.3. The lowest BCUT2D eigenvalue weighted by molar-refractivity contribution is -0.123. The smallest absolute Gasteiger partial charge is 0.258 e. The van der Waals surface area contributed by atoms with Gasteiger partial charge in [-0.2, -0.15) is 0 Å². The van der Waals surface area contributed by atoms with E-state index in [2.05, 4.69) is 67.5 Å². The lowest BCUT2D eigenvalue weighted by atomic mass is 10.1. The van der Waals surface area contributed by atoms with E-state index in [0.717, 1.165) is 39.2 Å². The third-order valence-electron chi connectivity index (χ3n) is 5.43. The van der Waals surface area contributed by atoms with E-state index >= 15 is 0 Å². The third-order valence-corrected chi connectivity index (χ3v) is 5.43. The lowest BCUT2D eigenvalue weighted by Crippen LogP contribution is -2.32. The minimum absolute atomic E-state index is 0.0751. The van der Waals surface area contributed by atoms with Crippen molar-refractivity contribution in [1.82, 2.24) is 15.3 Å². The van der Waals surface area contributed by atoms with Crippen LogP contribution in [0.4, 0.5) is 11.6 Å². The molecule has 0 bridgehead atoms. The highest BCUT2D eigenvalue weighted by Gasteiger charge is 2.13. The van der Waals surface area contributed by atoms with E-state index in [4.69, 9.17) is 9.47 Å². The van der Waals surface area contributed by atoms with E-state index in [1.54, 1.807) is 0 Å². The Balaban J connectivity index is 1.28. The zero-order chi connectivity index (χ0) is 27.3. The predicted molar refractivity (Wildman–Crippen MR) is 154 cm³/mol. The van der Waals surface area contributed by atoms with Crippen LogP contribution in [0.25, 0.3) is 21.8 Å². The summed E-state index contributed by atoms with van der Waals surface area (Å²) in [7, 11) is 0. The van der Waals surface area contributed by atoms with Crippen LogP contribution in [0.15, 0.2) is 60.7 Å². The van der Waals surface area contributed by atoms with Crippen molar-refractivity contribution >= 4 is 39.3 Å². The fourth-order valence-corrected chi connectivity index (χ4v) is 3.96. The minimum atomic E-state index is -0.220. The Bertz CT molecular complexity index is 1420. The number of pyridine rings is 2. The van der Waals surface area contributed by atoms with Crippen LogP contribution in [-0.2, 0) is 4.79 Å². The number of amides is 1. The number of nitrogens with one attached hydrogen (secondary N) is 3. The van der Waals surface area contributed by atoms with Crippen molar-refractivity contribution in [3.05, 3.63) is 60.7 Å². The second kappa shape index (κ2) is 11.1. The number of nitrogens with zero attached hydrogens (tertiary/aromatic N) is 2. The molecule has 3 N–H and O–H groups in total. The van der Waals surface area contributed by atoms with Crippen LogP contribution in [0.3, 0.4) is 0 Å². The van der Waals surface area contributed by atoms with Crippen molar-refractivity contribution in [3.8, 4) is 11.5 Å². The molecule has 38 heavy (non-hydrogen) atoms. The summed E-state index contributed by atoms with van der Waals surface area (Å²) >= 11 is 0. The van der Waals surface area contributed by atoms with E-state index in [1.807, 2.05) is 60.7 Å². The average Bonchev–Trinajstić information content (AvgIpc) is 2.83. The molecular formula is C30H37N5O3. The summed E-state index contributed by atoms with van der Waals surface area (Å²) in [5.41, 5.74) is 1.49. The highest BCUT2D eigenvalue weighted by atomic mass is 16.5. The van der Waals surface area contributed by atoms with E-state index in [9.17, 15) is 4.79 Å². The number of rotatable bonds is 9. The first-order valence-electron chi connectivity index (χ1n) is 12.9. The van der Waals surface area contributed by atoms with Crippen LogP contribution in [0.2, 0.25) is 0 Å². The number of anilines is 2. The minimum Gasteiger partial charge on any atom is -0.491 e. The number of carbonyl (C=O) groups excluding carboxylic acids is 1. The number of aromatic nitrogens is 2. The molecule has 2 heterocycles. The van der Waals surface area contributed by atoms with Gasteiger partial charge < -0.3 is 25.4 Å². The zero-order valence-corrected chi connectivity index (χ0v) is 23.0. The van der Waals surface area contributed by atoms with Gasteiger partial charge in [0, 0.05) is 21.9 Å². The molecule has 0 radical (unpaired) electrons. The standard InChI is InChI=1S/C30H37N5O3/c1-29(2,3)34-26-15-13-20-22(32-26)9-7-11-24(20)37-18-17-31-28(36)19-38-25-12-8-10-23-21(25)14-16-27(33-23)35-30(4,5)6/h7-16H,17-19H2,1-6H3,(H,31,36)(H,32,34)(H,33,35). The van der Waals surface area contributed by atoms with Crippen molar-refractivity contribution in [2.75, 3.05) is 30.4 Å². The summed E-state index contributed by atoms with van der Waals surface area (Å²) < 4.78 is 11.8. The molecule has 4 rings (SSSR count). The molecule has 0 aliphatic carbocycles. The maximum Gasteiger partial charge on any atom is 0.258 e. The first-order valence-corrected chi connectivity index (χ1v) is 12.9. The van der Waals surface area contributed by atoms with E-state index in [1.165, 1.54) is 0 Å². The molecule has 8 nitrogen and oxygen atoms in total. The fourth-order valence-electron chi connectivity index (χ4n) is 3.96. The van der Waals surface area contributed by atoms with Crippen molar-refractivity contribution in [2.24, 2.45) is 0 Å². The fraction of sp³-hybridized carbons (Fsp3) is 0.367. The number of benzene rings is 2. The Kier molecular flexibility index (Phi) is 7.90. The molecule has 0 unspecified atom stereocenters. The first-order chi connectivity index (χ1) is 18.0. The van der Waals surface area contributed by atoms with Gasteiger partial charge in [-0.15, -0.1) is 0 Å². The van der Waals surface area contributed by atoms with Crippen molar-refractivity contribution in [2.45, 2.75) is 52.6 Å². The molecule has 0 spiro atoms. The van der Waals surface area contributed by atoms with Gasteiger partial charge in [0.2, 0.25) is 0 Å². The van der Waals surface area contributed by atoms with Gasteiger partial charge in [0.05, 0.1) is 17.6 Å². The highest BCUT2D eigenvalue weighted by molar-refractivity contribution is 5.87. The summed E-state index contributed by atoms with van der Waals surface area (Å²) in [6.45, 7) is 13.1. The number of hydrogen-bond acceptors (Lipinski definition) is 7. The first kappa shape index (κ1) is 27.0. The van der Waals surface area contributed by atoms with Crippen molar-refractivity contribution in [1.29, 1.82) is 0 Å². The maximum atomic E-state index is 12.4. The monoisotopic (exact) mass is 515 g/mol. The number of carbonyl (C=O) groups is 1. The van der Waals surface area contributed by atoms with Crippen molar-refractivity contribution in [3.63, 3.8) is 0 Å². The van der Waals surface area contributed by atoms with Crippen LogP contribution in [-0.4, -0.2) is 46.7 Å². The quantitative estimate of drug-likeness (QED) is 0.243. The Hall–Kier alpha value is -4.07. The molecule has 1 amide bonds. The van der Waals surface area contributed by atoms with E-state index < -0.39 is 0 Å². The van der Waals surface area contributed by atoms with Crippen LogP contribution in [0, 0.1) is 0 Å². The molecule has 0 aliphatic heterocycles. The normalized spacial score (nSPS) is 11.8. The van der Waals surface area contributed by atoms with E-state index in [-0.39, 0.29) is 23.6 Å². The summed E-state index contributed by atoms with van der Waals surface area (Å²) in [5.74, 6) is 2.74. The summed E-state index contributed by atoms with van der Waals surface area (Å²) in [4.78, 5) is 21.8. The molecule has 200 valence electrons. The topological polar surface area (TPSA) is 97.4 Å². The van der Waals surface area contributed by atoms with Gasteiger partial charge in [0.1, 0.15) is 29.7 Å². The number of fused-ring (bicyclic) bond motifs is 2. The van der Waals surface area contributed by atoms with Gasteiger partial charge in [-0.1, -0.05) is 12.1 Å². The summed E-state index contributed by atoms with van der Waals surface area (Å²) in [6.07, 6.45) is 0. The second-order valence-electron chi connectivity index (χ2n) is 11.3. The SMILES string of the molecule is CC(C)(C)Nc1ccc2c(OCCNC(=O)COc3cccc4nc(NC(C)(C)C)ccc34)cccc2n1. The lowest BCUT2D eigenvalue weighted by Gasteiger charge is -2.21. The largest absolute Gasteiger partial charge is 0.491 e. The Morgan fingerprint density at radius 1 is 0.711 bits per heavy atom. The molecule has 8 heteroatoms. The average molecular weight is 516 g/mol. The molecule has 0 atom stereocenters. The van der Waals surface area contributed by atoms with Gasteiger partial charge in [-0.25, -0.2) is 9.97 Å². The number of hydrogen-bond donors (Lipinski definition) is 3. The van der Waals surface area contributed by atoms with Gasteiger partial charge in [-0.05, 0) is 90.1 Å². The van der Waals surface area contributed by atoms with Crippen LogP contribution in [0.5, 0.6) is 11.5 Å². The summed E-state index contributed by atoms with van der Waals surface area (Å²) in [6, 6.07) is 19.2. The molecule has 2 aromatic heterocycles. The highest BCUT2D eigenvalue weighted by Crippen LogP contribution is 2.27. The van der Waals surface area contributed by atoms with Crippen molar-refractivity contribution < 1.29 is 14.3 Å². The molecule has 0 aliphatic rings. The number of ether oxygens (including phenoxy) is 2. The summed E-state index contributed by atoms with van der Waals surface area (Å²) in [5, 5.41) is 11.4.